The molecule has 1 aromatic carbocycles. The Kier molecular flexibility index (Phi) is 5.09. The smallest absolute Gasteiger partial charge is 0.275 e. The SMILES string of the molecule is NCCc1nc(C(=O)Nc2cc(Br)ccc2Br)cs1. The predicted octanol–water partition coefficient (Wildman–Crippen LogP) is 3.42. The first-order valence-electron chi connectivity index (χ1n) is 5.51. The van der Waals surface area contributed by atoms with Gasteiger partial charge >= 0.3 is 0 Å². The maximum atomic E-state index is 12.1. The molecule has 0 unspecified atom stereocenters. The maximum absolute atomic E-state index is 12.1. The second-order valence-electron chi connectivity index (χ2n) is 3.74. The largest absolute Gasteiger partial charge is 0.330 e. The van der Waals surface area contributed by atoms with E-state index in [1.807, 2.05) is 18.2 Å². The van der Waals surface area contributed by atoms with E-state index in [4.69, 9.17) is 5.73 Å². The molecule has 0 spiro atoms. The number of hydrogen-bond acceptors (Lipinski definition) is 4. The minimum atomic E-state index is -0.224. The molecule has 0 aliphatic rings. The lowest BCUT2D eigenvalue weighted by Gasteiger charge is -2.06. The van der Waals surface area contributed by atoms with Crippen LogP contribution in [0.25, 0.3) is 0 Å². The van der Waals surface area contributed by atoms with Gasteiger partial charge in [-0.3, -0.25) is 4.79 Å². The van der Waals surface area contributed by atoms with Gasteiger partial charge in [-0.25, -0.2) is 4.98 Å². The van der Waals surface area contributed by atoms with Crippen molar-refractivity contribution in [2.24, 2.45) is 5.73 Å². The summed E-state index contributed by atoms with van der Waals surface area (Å²) in [4.78, 5) is 16.3. The second-order valence-corrected chi connectivity index (χ2v) is 6.46. The lowest BCUT2D eigenvalue weighted by molar-refractivity contribution is 0.102. The second kappa shape index (κ2) is 6.60. The summed E-state index contributed by atoms with van der Waals surface area (Å²) in [5.74, 6) is -0.224. The molecule has 4 nitrogen and oxygen atoms in total. The van der Waals surface area contributed by atoms with Crippen LogP contribution >= 0.6 is 43.2 Å². The Balaban J connectivity index is 2.13. The van der Waals surface area contributed by atoms with Crippen molar-refractivity contribution in [3.63, 3.8) is 0 Å². The van der Waals surface area contributed by atoms with E-state index in [0.717, 1.165) is 14.0 Å². The molecule has 1 amide bonds. The third kappa shape index (κ3) is 3.85. The maximum Gasteiger partial charge on any atom is 0.275 e. The molecule has 2 aromatic rings. The molecule has 1 aromatic heterocycles. The number of halogens is 2. The fourth-order valence-electron chi connectivity index (χ4n) is 1.43. The van der Waals surface area contributed by atoms with Crippen LogP contribution in [0.2, 0.25) is 0 Å². The fraction of sp³-hybridized carbons (Fsp3) is 0.167. The standard InChI is InChI=1S/C12H11Br2N3OS/c13-7-1-2-8(14)9(5-7)17-12(18)10-6-19-11(16-10)3-4-15/h1-2,5-6H,3-4,15H2,(H,17,18). The zero-order valence-electron chi connectivity index (χ0n) is 9.82. The number of nitrogens with one attached hydrogen (secondary N) is 1. The monoisotopic (exact) mass is 403 g/mol. The highest BCUT2D eigenvalue weighted by molar-refractivity contribution is 9.11. The summed E-state index contributed by atoms with van der Waals surface area (Å²) in [6, 6.07) is 5.58. The van der Waals surface area contributed by atoms with Crippen LogP contribution < -0.4 is 11.1 Å². The number of rotatable bonds is 4. The molecule has 7 heteroatoms. The van der Waals surface area contributed by atoms with Gasteiger partial charge in [-0.05, 0) is 40.7 Å². The van der Waals surface area contributed by atoms with Gasteiger partial charge < -0.3 is 11.1 Å². The first kappa shape index (κ1) is 14.6. The number of hydrogen-bond donors (Lipinski definition) is 2. The molecule has 1 heterocycles. The quantitative estimate of drug-likeness (QED) is 0.820. The Labute approximate surface area is 131 Å². The van der Waals surface area contributed by atoms with Gasteiger partial charge in [-0.1, -0.05) is 15.9 Å². The molecule has 0 saturated heterocycles. The van der Waals surface area contributed by atoms with Crippen molar-refractivity contribution < 1.29 is 4.79 Å². The average molecular weight is 405 g/mol. The molecule has 3 N–H and O–H groups in total. The number of carbonyl (C=O) groups excluding carboxylic acids is 1. The van der Waals surface area contributed by atoms with Gasteiger partial charge in [0.25, 0.3) is 5.91 Å². The van der Waals surface area contributed by atoms with E-state index >= 15 is 0 Å². The number of nitrogens with zero attached hydrogens (tertiary/aromatic N) is 1. The van der Waals surface area contributed by atoms with Gasteiger partial charge in [-0.15, -0.1) is 11.3 Å². The van der Waals surface area contributed by atoms with Crippen molar-refractivity contribution in [1.29, 1.82) is 0 Å². The van der Waals surface area contributed by atoms with E-state index in [-0.39, 0.29) is 5.91 Å². The summed E-state index contributed by atoms with van der Waals surface area (Å²) in [7, 11) is 0. The zero-order valence-corrected chi connectivity index (χ0v) is 13.8. The van der Waals surface area contributed by atoms with Gasteiger partial charge in [-0.2, -0.15) is 0 Å². The van der Waals surface area contributed by atoms with Gasteiger partial charge in [0.2, 0.25) is 0 Å². The molecule has 0 fully saturated rings. The first-order chi connectivity index (χ1) is 9.10. The Hall–Kier alpha value is -0.760. The third-order valence-corrected chi connectivity index (χ3v) is 4.41. The Bertz CT molecular complexity index is 600. The number of amides is 1. The predicted molar refractivity (Wildman–Crippen MR) is 84.7 cm³/mol. The van der Waals surface area contributed by atoms with Crippen molar-refractivity contribution in [3.05, 3.63) is 43.2 Å². The molecule has 0 saturated carbocycles. The first-order valence-corrected chi connectivity index (χ1v) is 7.97. The van der Waals surface area contributed by atoms with E-state index in [2.05, 4.69) is 42.2 Å². The molecular weight excluding hydrogens is 394 g/mol. The summed E-state index contributed by atoms with van der Waals surface area (Å²) >= 11 is 8.21. The van der Waals surface area contributed by atoms with Crippen LogP contribution in [-0.4, -0.2) is 17.4 Å². The van der Waals surface area contributed by atoms with E-state index in [0.29, 0.717) is 24.3 Å². The molecule has 0 radical (unpaired) electrons. The molecular formula is C12H11Br2N3OS. The topological polar surface area (TPSA) is 68.0 Å². The molecule has 0 aliphatic carbocycles. The fourth-order valence-corrected chi connectivity index (χ4v) is 2.93. The summed E-state index contributed by atoms with van der Waals surface area (Å²) < 4.78 is 1.72. The summed E-state index contributed by atoms with van der Waals surface area (Å²) in [6.07, 6.45) is 0.693. The Morgan fingerprint density at radius 1 is 1.42 bits per heavy atom. The minimum Gasteiger partial charge on any atom is -0.330 e. The van der Waals surface area contributed by atoms with Crippen molar-refractivity contribution >= 4 is 54.8 Å². The third-order valence-electron chi connectivity index (χ3n) is 2.32. The number of nitrogens with two attached hydrogens (primary N) is 1. The highest BCUT2D eigenvalue weighted by Gasteiger charge is 2.12. The van der Waals surface area contributed by atoms with Crippen LogP contribution in [0, 0.1) is 0 Å². The molecule has 19 heavy (non-hydrogen) atoms. The molecule has 0 aliphatic heterocycles. The highest BCUT2D eigenvalue weighted by Crippen LogP contribution is 2.26. The number of carbonyl (C=O) groups is 1. The van der Waals surface area contributed by atoms with Gasteiger partial charge in [0.15, 0.2) is 0 Å². The van der Waals surface area contributed by atoms with E-state index in [1.165, 1.54) is 11.3 Å². The van der Waals surface area contributed by atoms with Crippen LogP contribution in [0.15, 0.2) is 32.5 Å². The number of aromatic nitrogens is 1. The van der Waals surface area contributed by atoms with Crippen LogP contribution in [0.3, 0.4) is 0 Å². The van der Waals surface area contributed by atoms with Crippen LogP contribution in [0.4, 0.5) is 5.69 Å². The molecule has 0 atom stereocenters. The Morgan fingerprint density at radius 2 is 2.21 bits per heavy atom. The van der Waals surface area contributed by atoms with E-state index in [9.17, 15) is 4.79 Å². The molecule has 2 rings (SSSR count). The lowest BCUT2D eigenvalue weighted by Crippen LogP contribution is -2.13. The van der Waals surface area contributed by atoms with E-state index in [1.54, 1.807) is 5.38 Å². The van der Waals surface area contributed by atoms with Crippen LogP contribution in [0.1, 0.15) is 15.5 Å². The summed E-state index contributed by atoms with van der Waals surface area (Å²) in [5.41, 5.74) is 6.58. The highest BCUT2D eigenvalue weighted by atomic mass is 79.9. The number of thiazole rings is 1. The molecule has 0 bridgehead atoms. The van der Waals surface area contributed by atoms with Gasteiger partial charge in [0.1, 0.15) is 5.69 Å². The van der Waals surface area contributed by atoms with Crippen molar-refractivity contribution in [2.45, 2.75) is 6.42 Å². The summed E-state index contributed by atoms with van der Waals surface area (Å²) in [6.45, 7) is 0.533. The molecule has 100 valence electrons. The minimum absolute atomic E-state index is 0.224. The number of benzene rings is 1. The van der Waals surface area contributed by atoms with Crippen molar-refractivity contribution in [1.82, 2.24) is 4.98 Å². The van der Waals surface area contributed by atoms with Crippen molar-refractivity contribution in [2.75, 3.05) is 11.9 Å². The summed E-state index contributed by atoms with van der Waals surface area (Å²) in [5, 5.41) is 5.44. The average Bonchev–Trinajstić information content (AvgIpc) is 2.83. The number of anilines is 1. The zero-order chi connectivity index (χ0) is 13.8. The van der Waals surface area contributed by atoms with Crippen LogP contribution in [0.5, 0.6) is 0 Å². The lowest BCUT2D eigenvalue weighted by atomic mass is 10.3. The van der Waals surface area contributed by atoms with Gasteiger partial charge in [0, 0.05) is 20.7 Å². The normalized spacial score (nSPS) is 10.5. The van der Waals surface area contributed by atoms with Crippen molar-refractivity contribution in [3.8, 4) is 0 Å². The van der Waals surface area contributed by atoms with E-state index < -0.39 is 0 Å². The van der Waals surface area contributed by atoms with Crippen LogP contribution in [-0.2, 0) is 6.42 Å². The van der Waals surface area contributed by atoms with Gasteiger partial charge in [0.05, 0.1) is 10.7 Å². The Morgan fingerprint density at radius 3 is 2.95 bits per heavy atom.